The smallest absolute Gasteiger partial charge is 0.278 e. The Labute approximate surface area is 172 Å². The highest BCUT2D eigenvalue weighted by Gasteiger charge is 2.34. The van der Waals surface area contributed by atoms with Gasteiger partial charge >= 0.3 is 0 Å². The second-order valence-corrected chi connectivity index (χ2v) is 9.06. The van der Waals surface area contributed by atoms with Crippen LogP contribution in [-0.4, -0.2) is 58.0 Å². The number of carbonyl (C=O) groups is 1. The van der Waals surface area contributed by atoms with Crippen molar-refractivity contribution in [1.29, 1.82) is 0 Å². The number of rotatable bonds is 7. The maximum Gasteiger partial charge on any atom is 0.278 e. The van der Waals surface area contributed by atoms with E-state index in [2.05, 4.69) is 5.32 Å². The Kier molecular flexibility index (Phi) is 6.89. The Morgan fingerprint density at radius 3 is 2.38 bits per heavy atom. The summed E-state index contributed by atoms with van der Waals surface area (Å²) in [6, 6.07) is 15.8. The lowest BCUT2D eigenvalue weighted by molar-refractivity contribution is -0.917. The molecule has 0 bridgehead atoms. The van der Waals surface area contributed by atoms with Gasteiger partial charge in [0, 0.05) is 12.1 Å². The predicted molar refractivity (Wildman–Crippen MR) is 110 cm³/mol. The van der Waals surface area contributed by atoms with Crippen molar-refractivity contribution in [3.05, 3.63) is 60.2 Å². The maximum absolute atomic E-state index is 12.7. The van der Waals surface area contributed by atoms with E-state index in [0.717, 1.165) is 16.2 Å². The summed E-state index contributed by atoms with van der Waals surface area (Å²) in [5.74, 6) is 0.692. The lowest BCUT2D eigenvalue weighted by atomic mass is 10.2. The molecule has 1 atom stereocenters. The molecule has 2 aromatic carbocycles. The molecule has 1 amide bonds. The third-order valence-corrected chi connectivity index (χ3v) is 7.31. The summed E-state index contributed by atoms with van der Waals surface area (Å²) < 4.78 is 32.3. The van der Waals surface area contributed by atoms with Crippen molar-refractivity contribution >= 4 is 15.9 Å². The Morgan fingerprint density at radius 1 is 1.10 bits per heavy atom. The lowest BCUT2D eigenvalue weighted by Gasteiger charge is -2.34. The number of nitrogens with one attached hydrogen (secondary N) is 2. The van der Waals surface area contributed by atoms with Crippen molar-refractivity contribution in [2.45, 2.75) is 24.4 Å². The normalized spacial score (nSPS) is 16.9. The summed E-state index contributed by atoms with van der Waals surface area (Å²) in [6.45, 7) is 4.27. The number of hydrogen-bond acceptors (Lipinski definition) is 4. The number of quaternary nitrogens is 1. The highest BCUT2D eigenvalue weighted by molar-refractivity contribution is 7.89. The molecule has 1 aliphatic rings. The summed E-state index contributed by atoms with van der Waals surface area (Å²) in [6.07, 6.45) is 0. The predicted octanol–water partition coefficient (Wildman–Crippen LogP) is 0.289. The summed E-state index contributed by atoms with van der Waals surface area (Å²) >= 11 is 0. The summed E-state index contributed by atoms with van der Waals surface area (Å²) in [5, 5.41) is 2.97. The number of carbonyl (C=O) groups excluding carboxylic acids is 1. The minimum absolute atomic E-state index is 0.0507. The summed E-state index contributed by atoms with van der Waals surface area (Å²) in [5.41, 5.74) is 0.921. The van der Waals surface area contributed by atoms with Crippen LogP contribution in [0.2, 0.25) is 0 Å². The van der Waals surface area contributed by atoms with Crippen molar-refractivity contribution in [2.24, 2.45) is 0 Å². The van der Waals surface area contributed by atoms with Crippen molar-refractivity contribution in [3.63, 3.8) is 0 Å². The quantitative estimate of drug-likeness (QED) is 0.677. The molecular formula is C21H28N3O4S+. The first-order valence-corrected chi connectivity index (χ1v) is 11.2. The monoisotopic (exact) mass is 418 g/mol. The Morgan fingerprint density at radius 2 is 1.72 bits per heavy atom. The second-order valence-electron chi connectivity index (χ2n) is 7.13. The number of piperazine rings is 1. The molecule has 0 saturated carbocycles. The van der Waals surface area contributed by atoms with E-state index in [1.807, 2.05) is 31.2 Å². The van der Waals surface area contributed by atoms with E-state index >= 15 is 0 Å². The van der Waals surface area contributed by atoms with Crippen LogP contribution < -0.4 is 15.0 Å². The molecule has 0 radical (unpaired) electrons. The molecule has 1 aliphatic heterocycles. The molecule has 3 rings (SSSR count). The van der Waals surface area contributed by atoms with Gasteiger partial charge in [-0.3, -0.25) is 4.79 Å². The zero-order chi connectivity index (χ0) is 20.9. The van der Waals surface area contributed by atoms with Gasteiger partial charge in [-0.05, 0) is 25.1 Å². The molecule has 8 heteroatoms. The Hall–Kier alpha value is -2.42. The van der Waals surface area contributed by atoms with Gasteiger partial charge in [0.1, 0.15) is 5.75 Å². The molecular weight excluding hydrogens is 390 g/mol. The number of ether oxygens (including phenoxy) is 1. The van der Waals surface area contributed by atoms with Crippen LogP contribution in [0, 0.1) is 0 Å². The van der Waals surface area contributed by atoms with Gasteiger partial charge in [-0.1, -0.05) is 36.4 Å². The van der Waals surface area contributed by atoms with Gasteiger partial charge in [-0.2, -0.15) is 4.31 Å². The SMILES string of the molecule is COc1ccccc1CNC(=O)[C@H](C)[NH+]1CCN(S(=O)(=O)c2ccccc2)CC1. The minimum Gasteiger partial charge on any atom is -0.496 e. The van der Waals surface area contributed by atoms with Gasteiger partial charge in [0.15, 0.2) is 6.04 Å². The zero-order valence-electron chi connectivity index (χ0n) is 16.8. The van der Waals surface area contributed by atoms with Gasteiger partial charge in [0.05, 0.1) is 38.2 Å². The number of methoxy groups -OCH3 is 1. The number of amides is 1. The van der Waals surface area contributed by atoms with Crippen molar-refractivity contribution in [3.8, 4) is 5.75 Å². The van der Waals surface area contributed by atoms with E-state index in [0.29, 0.717) is 37.6 Å². The van der Waals surface area contributed by atoms with E-state index in [9.17, 15) is 13.2 Å². The lowest BCUT2D eigenvalue weighted by Crippen LogP contribution is -3.19. The van der Waals surface area contributed by atoms with E-state index in [4.69, 9.17) is 4.74 Å². The second kappa shape index (κ2) is 9.39. The zero-order valence-corrected chi connectivity index (χ0v) is 17.6. The number of benzene rings is 2. The van der Waals surface area contributed by atoms with Gasteiger partial charge in [0.25, 0.3) is 5.91 Å². The van der Waals surface area contributed by atoms with Crippen molar-refractivity contribution in [1.82, 2.24) is 9.62 Å². The molecule has 0 unspecified atom stereocenters. The molecule has 7 nitrogen and oxygen atoms in total. The first kappa shape index (κ1) is 21.3. The number of nitrogens with zero attached hydrogens (tertiary/aromatic N) is 1. The number of hydrogen-bond donors (Lipinski definition) is 2. The molecule has 0 spiro atoms. The molecule has 29 heavy (non-hydrogen) atoms. The van der Waals surface area contributed by atoms with Gasteiger partial charge in [-0.25, -0.2) is 8.42 Å². The molecule has 156 valence electrons. The number of para-hydroxylation sites is 1. The third kappa shape index (κ3) is 4.95. The van der Waals surface area contributed by atoms with E-state index in [1.54, 1.807) is 37.4 Å². The molecule has 0 aromatic heterocycles. The molecule has 2 N–H and O–H groups in total. The van der Waals surface area contributed by atoms with Crippen LogP contribution in [0.3, 0.4) is 0 Å². The van der Waals surface area contributed by atoms with Gasteiger partial charge in [0.2, 0.25) is 10.0 Å². The third-order valence-electron chi connectivity index (χ3n) is 5.40. The van der Waals surface area contributed by atoms with Crippen LogP contribution in [0.5, 0.6) is 5.75 Å². The molecule has 2 aromatic rings. The highest BCUT2D eigenvalue weighted by atomic mass is 32.2. The van der Waals surface area contributed by atoms with E-state index < -0.39 is 10.0 Å². The average molecular weight is 419 g/mol. The molecule has 0 aliphatic carbocycles. The van der Waals surface area contributed by atoms with E-state index in [1.165, 1.54) is 4.31 Å². The topological polar surface area (TPSA) is 80.2 Å². The van der Waals surface area contributed by atoms with Crippen LogP contribution in [0.25, 0.3) is 0 Å². The minimum atomic E-state index is -3.48. The Balaban J connectivity index is 1.54. The standard InChI is InChI=1S/C21H27N3O4S/c1-17(21(25)22-16-18-8-6-7-11-20(18)28-2)23-12-14-24(15-13-23)29(26,27)19-9-4-3-5-10-19/h3-11,17H,12-16H2,1-2H3,(H,22,25)/p+1/t17-/m0/s1. The fourth-order valence-electron chi connectivity index (χ4n) is 3.56. The molecule has 1 fully saturated rings. The maximum atomic E-state index is 12.7. The largest absolute Gasteiger partial charge is 0.496 e. The first-order chi connectivity index (χ1) is 13.9. The van der Waals surface area contributed by atoms with Crippen molar-refractivity contribution in [2.75, 3.05) is 33.3 Å². The Bertz CT molecular complexity index is 926. The van der Waals surface area contributed by atoms with Crippen LogP contribution in [-0.2, 0) is 21.4 Å². The molecule has 1 saturated heterocycles. The molecule has 1 heterocycles. The van der Waals surface area contributed by atoms with Crippen LogP contribution >= 0.6 is 0 Å². The highest BCUT2D eigenvalue weighted by Crippen LogP contribution is 2.17. The fourth-order valence-corrected chi connectivity index (χ4v) is 5.02. The van der Waals surface area contributed by atoms with Gasteiger partial charge < -0.3 is 15.0 Å². The van der Waals surface area contributed by atoms with Crippen LogP contribution in [0.15, 0.2) is 59.5 Å². The first-order valence-electron chi connectivity index (χ1n) is 9.73. The summed E-state index contributed by atoms with van der Waals surface area (Å²) in [4.78, 5) is 14.0. The van der Waals surface area contributed by atoms with Crippen LogP contribution in [0.1, 0.15) is 12.5 Å². The van der Waals surface area contributed by atoms with Crippen LogP contribution in [0.4, 0.5) is 0 Å². The van der Waals surface area contributed by atoms with Crippen molar-refractivity contribution < 1.29 is 22.8 Å². The number of sulfonamides is 1. The summed E-state index contributed by atoms with van der Waals surface area (Å²) in [7, 11) is -1.87. The fraction of sp³-hybridized carbons (Fsp3) is 0.381. The van der Waals surface area contributed by atoms with Gasteiger partial charge in [-0.15, -0.1) is 0 Å². The van der Waals surface area contributed by atoms with E-state index in [-0.39, 0.29) is 11.9 Å². The average Bonchev–Trinajstić information content (AvgIpc) is 2.77.